The maximum Gasteiger partial charge on any atom is 0.0918 e. The predicted octanol–water partition coefficient (Wildman–Crippen LogP) is 0.729. The first-order valence-corrected chi connectivity index (χ1v) is 6.42. The standard InChI is InChI=1S/C12H24N4/c1-15-6-2-3-10-9-16(7-4-11(10)15)8-5-12(13)14/h10-11H,2-9H2,1H3,(H3,13,14). The molecular weight excluding hydrogens is 200 g/mol. The van der Waals surface area contributed by atoms with Gasteiger partial charge in [0.2, 0.25) is 0 Å². The molecule has 92 valence electrons. The first kappa shape index (κ1) is 11.9. The van der Waals surface area contributed by atoms with Crippen LogP contribution < -0.4 is 5.73 Å². The van der Waals surface area contributed by atoms with Crippen molar-refractivity contribution >= 4 is 5.84 Å². The minimum Gasteiger partial charge on any atom is -0.388 e. The van der Waals surface area contributed by atoms with Crippen LogP contribution in [0.3, 0.4) is 0 Å². The Morgan fingerprint density at radius 1 is 1.38 bits per heavy atom. The third-order valence-corrected chi connectivity index (χ3v) is 4.13. The summed E-state index contributed by atoms with van der Waals surface area (Å²) >= 11 is 0. The monoisotopic (exact) mass is 224 g/mol. The topological polar surface area (TPSA) is 56.4 Å². The number of nitrogens with two attached hydrogens (primary N) is 1. The highest BCUT2D eigenvalue weighted by Gasteiger charge is 2.33. The number of nitrogens with one attached hydrogen (secondary N) is 1. The zero-order valence-electron chi connectivity index (χ0n) is 10.3. The summed E-state index contributed by atoms with van der Waals surface area (Å²) in [4.78, 5) is 5.03. The lowest BCUT2D eigenvalue weighted by Crippen LogP contribution is -2.52. The molecule has 0 aromatic rings. The third kappa shape index (κ3) is 2.74. The largest absolute Gasteiger partial charge is 0.388 e. The molecule has 0 aliphatic carbocycles. The first-order valence-electron chi connectivity index (χ1n) is 6.42. The van der Waals surface area contributed by atoms with Gasteiger partial charge < -0.3 is 15.5 Å². The number of piperidine rings is 2. The molecule has 0 spiro atoms. The first-order chi connectivity index (χ1) is 7.66. The van der Waals surface area contributed by atoms with Crippen LogP contribution in [0.2, 0.25) is 0 Å². The van der Waals surface area contributed by atoms with Crippen LogP contribution >= 0.6 is 0 Å². The summed E-state index contributed by atoms with van der Waals surface area (Å²) in [6.07, 6.45) is 4.75. The van der Waals surface area contributed by atoms with E-state index in [1.165, 1.54) is 38.9 Å². The van der Waals surface area contributed by atoms with Crippen LogP contribution in [0.4, 0.5) is 0 Å². The minimum atomic E-state index is 0.322. The van der Waals surface area contributed by atoms with Gasteiger partial charge in [-0.05, 0) is 45.3 Å². The van der Waals surface area contributed by atoms with Gasteiger partial charge >= 0.3 is 0 Å². The van der Waals surface area contributed by atoms with E-state index in [0.717, 1.165) is 24.9 Å². The number of rotatable bonds is 3. The molecule has 0 radical (unpaired) electrons. The molecule has 2 fully saturated rings. The third-order valence-electron chi connectivity index (χ3n) is 4.13. The molecule has 0 aromatic heterocycles. The second-order valence-corrected chi connectivity index (χ2v) is 5.31. The van der Waals surface area contributed by atoms with Crippen LogP contribution in [0.5, 0.6) is 0 Å². The van der Waals surface area contributed by atoms with Gasteiger partial charge in [0, 0.05) is 25.6 Å². The number of hydrogen-bond acceptors (Lipinski definition) is 3. The van der Waals surface area contributed by atoms with Crippen molar-refractivity contribution in [1.82, 2.24) is 9.80 Å². The van der Waals surface area contributed by atoms with Crippen molar-refractivity contribution in [2.24, 2.45) is 11.7 Å². The average Bonchev–Trinajstić information content (AvgIpc) is 2.26. The Balaban J connectivity index is 1.83. The normalized spacial score (nSPS) is 32.3. The van der Waals surface area contributed by atoms with Crippen LogP contribution in [0.1, 0.15) is 25.7 Å². The van der Waals surface area contributed by atoms with Crippen LogP contribution in [0.25, 0.3) is 0 Å². The number of likely N-dealkylation sites (tertiary alicyclic amines) is 2. The van der Waals surface area contributed by atoms with E-state index in [1.54, 1.807) is 0 Å². The molecular formula is C12H24N4. The van der Waals surface area contributed by atoms with E-state index in [9.17, 15) is 0 Å². The van der Waals surface area contributed by atoms with Crippen LogP contribution in [-0.2, 0) is 0 Å². The van der Waals surface area contributed by atoms with Crippen molar-refractivity contribution in [1.29, 1.82) is 5.41 Å². The Morgan fingerprint density at radius 3 is 2.94 bits per heavy atom. The SMILES string of the molecule is CN1CCCC2CN(CCC(=N)N)CCC21. The lowest BCUT2D eigenvalue weighted by atomic mass is 9.84. The van der Waals surface area contributed by atoms with E-state index < -0.39 is 0 Å². The fraction of sp³-hybridized carbons (Fsp3) is 0.917. The Bertz CT molecular complexity index is 253. The Kier molecular flexibility index (Phi) is 3.82. The molecule has 2 rings (SSSR count). The fourth-order valence-corrected chi connectivity index (χ4v) is 3.21. The number of fused-ring (bicyclic) bond motifs is 1. The quantitative estimate of drug-likeness (QED) is 0.549. The van der Waals surface area contributed by atoms with Gasteiger partial charge in [0.1, 0.15) is 0 Å². The average molecular weight is 224 g/mol. The molecule has 2 aliphatic heterocycles. The van der Waals surface area contributed by atoms with E-state index in [1.807, 2.05) is 0 Å². The molecule has 3 N–H and O–H groups in total. The highest BCUT2D eigenvalue weighted by Crippen LogP contribution is 2.29. The lowest BCUT2D eigenvalue weighted by Gasteiger charge is -2.46. The van der Waals surface area contributed by atoms with E-state index in [0.29, 0.717) is 5.84 Å². The fourth-order valence-electron chi connectivity index (χ4n) is 3.21. The summed E-state index contributed by atoms with van der Waals surface area (Å²) in [5, 5.41) is 7.27. The minimum absolute atomic E-state index is 0.322. The molecule has 2 aliphatic rings. The zero-order valence-corrected chi connectivity index (χ0v) is 10.3. The molecule has 2 unspecified atom stereocenters. The van der Waals surface area contributed by atoms with E-state index in [4.69, 9.17) is 11.1 Å². The highest BCUT2D eigenvalue weighted by molar-refractivity contribution is 5.76. The van der Waals surface area contributed by atoms with Gasteiger partial charge in [-0.2, -0.15) is 0 Å². The zero-order chi connectivity index (χ0) is 11.5. The summed E-state index contributed by atoms with van der Waals surface area (Å²) in [5.41, 5.74) is 5.41. The second-order valence-electron chi connectivity index (χ2n) is 5.31. The number of hydrogen-bond donors (Lipinski definition) is 2. The maximum absolute atomic E-state index is 7.27. The van der Waals surface area contributed by atoms with E-state index >= 15 is 0 Å². The van der Waals surface area contributed by atoms with Gasteiger partial charge in [-0.15, -0.1) is 0 Å². The van der Waals surface area contributed by atoms with Gasteiger partial charge in [0.25, 0.3) is 0 Å². The molecule has 2 saturated heterocycles. The molecule has 4 nitrogen and oxygen atoms in total. The van der Waals surface area contributed by atoms with Crippen molar-refractivity contribution in [2.45, 2.75) is 31.7 Å². The summed E-state index contributed by atoms with van der Waals surface area (Å²) in [6, 6.07) is 0.808. The Morgan fingerprint density at radius 2 is 2.19 bits per heavy atom. The molecule has 0 saturated carbocycles. The molecule has 16 heavy (non-hydrogen) atoms. The molecule has 4 heteroatoms. The molecule has 2 heterocycles. The van der Waals surface area contributed by atoms with Gasteiger partial charge in [-0.25, -0.2) is 0 Å². The van der Waals surface area contributed by atoms with Crippen LogP contribution in [-0.4, -0.2) is 54.9 Å². The number of nitrogens with zero attached hydrogens (tertiary/aromatic N) is 2. The Hall–Kier alpha value is -0.610. The van der Waals surface area contributed by atoms with E-state index in [-0.39, 0.29) is 0 Å². The maximum atomic E-state index is 7.27. The molecule has 2 atom stereocenters. The van der Waals surface area contributed by atoms with Gasteiger partial charge in [-0.1, -0.05) is 0 Å². The van der Waals surface area contributed by atoms with Crippen molar-refractivity contribution in [3.63, 3.8) is 0 Å². The summed E-state index contributed by atoms with van der Waals surface area (Å²) in [6.45, 7) is 4.64. The highest BCUT2D eigenvalue weighted by atomic mass is 15.2. The van der Waals surface area contributed by atoms with Crippen LogP contribution in [0, 0.1) is 11.3 Å². The smallest absolute Gasteiger partial charge is 0.0918 e. The van der Waals surface area contributed by atoms with Gasteiger partial charge in [0.05, 0.1) is 5.84 Å². The van der Waals surface area contributed by atoms with Gasteiger partial charge in [0.15, 0.2) is 0 Å². The molecule has 0 bridgehead atoms. The number of amidine groups is 1. The van der Waals surface area contributed by atoms with Crippen molar-refractivity contribution in [3.05, 3.63) is 0 Å². The lowest BCUT2D eigenvalue weighted by molar-refractivity contribution is 0.0397. The van der Waals surface area contributed by atoms with Crippen LogP contribution in [0.15, 0.2) is 0 Å². The summed E-state index contributed by atoms with van der Waals surface area (Å²) in [5.74, 6) is 1.17. The molecule has 0 aromatic carbocycles. The second kappa shape index (κ2) is 5.15. The van der Waals surface area contributed by atoms with Crippen molar-refractivity contribution < 1.29 is 0 Å². The molecule has 0 amide bonds. The van der Waals surface area contributed by atoms with Gasteiger partial charge in [-0.3, -0.25) is 5.41 Å². The summed E-state index contributed by atoms with van der Waals surface area (Å²) < 4.78 is 0. The van der Waals surface area contributed by atoms with E-state index in [2.05, 4.69) is 16.8 Å². The Labute approximate surface area is 98.3 Å². The predicted molar refractivity (Wildman–Crippen MR) is 66.7 cm³/mol. The van der Waals surface area contributed by atoms with Crippen molar-refractivity contribution in [3.8, 4) is 0 Å². The van der Waals surface area contributed by atoms with Crippen molar-refractivity contribution in [2.75, 3.05) is 33.2 Å². The summed E-state index contributed by atoms with van der Waals surface area (Å²) in [7, 11) is 2.27.